The van der Waals surface area contributed by atoms with Gasteiger partial charge in [-0.25, -0.2) is 0 Å². The standard InChI is InChI=1S/C12H21NO4/c1-16-10(14)11(3-2-8-17-9-11)12(15)4-6-13-7-5-12/h13,15H,2-9H2,1H3. The van der Waals surface area contributed by atoms with E-state index in [0.717, 1.165) is 19.5 Å². The number of hydrogen-bond acceptors (Lipinski definition) is 5. The number of hydrogen-bond donors (Lipinski definition) is 2. The Balaban J connectivity index is 2.27. The van der Waals surface area contributed by atoms with Crippen LogP contribution in [0.4, 0.5) is 0 Å². The minimum absolute atomic E-state index is 0.274. The van der Waals surface area contributed by atoms with E-state index in [4.69, 9.17) is 9.47 Å². The molecule has 0 spiro atoms. The predicted molar refractivity (Wildman–Crippen MR) is 61.6 cm³/mol. The van der Waals surface area contributed by atoms with Crippen LogP contribution < -0.4 is 5.32 Å². The normalized spacial score (nSPS) is 33.1. The third-order valence-corrected chi connectivity index (χ3v) is 4.14. The van der Waals surface area contributed by atoms with Crippen molar-refractivity contribution in [1.29, 1.82) is 0 Å². The van der Waals surface area contributed by atoms with Gasteiger partial charge in [-0.05, 0) is 38.8 Å². The quantitative estimate of drug-likeness (QED) is 0.672. The number of methoxy groups -OCH3 is 1. The summed E-state index contributed by atoms with van der Waals surface area (Å²) < 4.78 is 10.4. The summed E-state index contributed by atoms with van der Waals surface area (Å²) >= 11 is 0. The Labute approximate surface area is 101 Å². The fourth-order valence-corrected chi connectivity index (χ4v) is 3.03. The number of carbonyl (C=O) groups excluding carboxylic acids is 1. The van der Waals surface area contributed by atoms with Gasteiger partial charge in [-0.2, -0.15) is 0 Å². The van der Waals surface area contributed by atoms with Crippen molar-refractivity contribution in [2.45, 2.75) is 31.3 Å². The Morgan fingerprint density at radius 3 is 2.59 bits per heavy atom. The molecule has 0 radical (unpaired) electrons. The molecule has 1 unspecified atom stereocenters. The maximum Gasteiger partial charge on any atom is 0.317 e. The van der Waals surface area contributed by atoms with Crippen LogP contribution in [0.3, 0.4) is 0 Å². The van der Waals surface area contributed by atoms with Gasteiger partial charge in [0.25, 0.3) is 0 Å². The zero-order chi connectivity index (χ0) is 12.4. The topological polar surface area (TPSA) is 67.8 Å². The lowest BCUT2D eigenvalue weighted by molar-refractivity contribution is -0.197. The van der Waals surface area contributed by atoms with Crippen LogP contribution in [0.1, 0.15) is 25.7 Å². The molecule has 1 atom stereocenters. The van der Waals surface area contributed by atoms with Crippen molar-refractivity contribution in [1.82, 2.24) is 5.32 Å². The van der Waals surface area contributed by atoms with E-state index in [1.54, 1.807) is 0 Å². The van der Waals surface area contributed by atoms with E-state index in [1.165, 1.54) is 7.11 Å². The second-order valence-electron chi connectivity index (χ2n) is 5.01. The molecule has 0 aromatic heterocycles. The summed E-state index contributed by atoms with van der Waals surface area (Å²) in [5.41, 5.74) is -1.87. The van der Waals surface area contributed by atoms with E-state index in [-0.39, 0.29) is 12.6 Å². The Morgan fingerprint density at radius 2 is 2.06 bits per heavy atom. The third-order valence-electron chi connectivity index (χ3n) is 4.14. The summed E-state index contributed by atoms with van der Waals surface area (Å²) in [6, 6.07) is 0. The molecule has 2 fully saturated rings. The maximum atomic E-state index is 12.1. The average Bonchev–Trinajstić information content (AvgIpc) is 2.39. The molecular weight excluding hydrogens is 222 g/mol. The molecular formula is C12H21NO4. The number of ether oxygens (including phenoxy) is 2. The van der Waals surface area contributed by atoms with Gasteiger partial charge in [-0.1, -0.05) is 0 Å². The number of nitrogens with one attached hydrogen (secondary N) is 1. The Hall–Kier alpha value is -0.650. The highest BCUT2D eigenvalue weighted by Crippen LogP contribution is 2.45. The number of carbonyl (C=O) groups is 1. The highest BCUT2D eigenvalue weighted by Gasteiger charge is 2.57. The van der Waals surface area contributed by atoms with Crippen LogP contribution in [0, 0.1) is 5.41 Å². The van der Waals surface area contributed by atoms with Gasteiger partial charge in [-0.3, -0.25) is 4.79 Å². The maximum absolute atomic E-state index is 12.1. The van der Waals surface area contributed by atoms with Crippen molar-refractivity contribution in [3.05, 3.63) is 0 Å². The summed E-state index contributed by atoms with van der Waals surface area (Å²) in [5, 5.41) is 14.0. The summed E-state index contributed by atoms with van der Waals surface area (Å²) in [6.45, 7) is 2.40. The molecule has 98 valence electrons. The van der Waals surface area contributed by atoms with Crippen molar-refractivity contribution < 1.29 is 19.4 Å². The molecule has 0 aromatic rings. The summed E-state index contributed by atoms with van der Waals surface area (Å²) in [7, 11) is 1.38. The molecule has 2 rings (SSSR count). The van der Waals surface area contributed by atoms with E-state index >= 15 is 0 Å². The smallest absolute Gasteiger partial charge is 0.317 e. The second-order valence-corrected chi connectivity index (χ2v) is 5.01. The van der Waals surface area contributed by atoms with Crippen molar-refractivity contribution >= 4 is 5.97 Å². The fraction of sp³-hybridized carbons (Fsp3) is 0.917. The number of aliphatic hydroxyl groups is 1. The van der Waals surface area contributed by atoms with Gasteiger partial charge < -0.3 is 19.9 Å². The average molecular weight is 243 g/mol. The van der Waals surface area contributed by atoms with Gasteiger partial charge >= 0.3 is 5.97 Å². The summed E-state index contributed by atoms with van der Waals surface area (Å²) in [5.74, 6) is -0.332. The lowest BCUT2D eigenvalue weighted by Crippen LogP contribution is -2.61. The molecule has 2 aliphatic rings. The molecule has 2 aliphatic heterocycles. The van der Waals surface area contributed by atoms with E-state index in [9.17, 15) is 9.90 Å². The third kappa shape index (κ3) is 2.07. The van der Waals surface area contributed by atoms with Crippen LogP contribution >= 0.6 is 0 Å². The Kier molecular flexibility index (Phi) is 3.70. The van der Waals surface area contributed by atoms with Crippen molar-refractivity contribution in [2.24, 2.45) is 5.41 Å². The van der Waals surface area contributed by atoms with Gasteiger partial charge in [0.1, 0.15) is 5.41 Å². The van der Waals surface area contributed by atoms with Crippen LogP contribution in [-0.2, 0) is 14.3 Å². The number of piperidine rings is 1. The molecule has 2 saturated heterocycles. The molecule has 0 aliphatic carbocycles. The molecule has 2 N–H and O–H groups in total. The largest absolute Gasteiger partial charge is 0.468 e. The molecule has 0 saturated carbocycles. The van der Waals surface area contributed by atoms with E-state index in [0.29, 0.717) is 25.9 Å². The summed E-state index contributed by atoms with van der Waals surface area (Å²) in [6.07, 6.45) is 2.60. The first kappa shape index (κ1) is 12.8. The molecule has 17 heavy (non-hydrogen) atoms. The van der Waals surface area contributed by atoms with Gasteiger partial charge in [0.2, 0.25) is 0 Å². The highest BCUT2D eigenvalue weighted by molar-refractivity contribution is 5.78. The Bertz CT molecular complexity index is 280. The van der Waals surface area contributed by atoms with Gasteiger partial charge in [-0.15, -0.1) is 0 Å². The van der Waals surface area contributed by atoms with Crippen molar-refractivity contribution in [3.63, 3.8) is 0 Å². The molecule has 2 heterocycles. The minimum Gasteiger partial charge on any atom is -0.468 e. The first-order valence-electron chi connectivity index (χ1n) is 6.24. The number of esters is 1. The van der Waals surface area contributed by atoms with Crippen LogP contribution in [-0.4, -0.2) is 50.1 Å². The zero-order valence-electron chi connectivity index (χ0n) is 10.3. The lowest BCUT2D eigenvalue weighted by atomic mass is 9.64. The SMILES string of the molecule is COC(=O)C1(C2(O)CCNCC2)CCCOC1. The van der Waals surface area contributed by atoms with E-state index < -0.39 is 11.0 Å². The molecule has 0 amide bonds. The van der Waals surface area contributed by atoms with Crippen LogP contribution in [0.25, 0.3) is 0 Å². The predicted octanol–water partition coefficient (Wildman–Crippen LogP) is 0.0707. The van der Waals surface area contributed by atoms with Crippen LogP contribution in [0.2, 0.25) is 0 Å². The van der Waals surface area contributed by atoms with Crippen LogP contribution in [0.5, 0.6) is 0 Å². The molecule has 5 nitrogen and oxygen atoms in total. The van der Waals surface area contributed by atoms with Crippen molar-refractivity contribution in [3.8, 4) is 0 Å². The van der Waals surface area contributed by atoms with Gasteiger partial charge in [0, 0.05) is 6.61 Å². The number of rotatable bonds is 2. The minimum atomic E-state index is -0.994. The van der Waals surface area contributed by atoms with Gasteiger partial charge in [0.15, 0.2) is 0 Å². The van der Waals surface area contributed by atoms with Crippen LogP contribution in [0.15, 0.2) is 0 Å². The Morgan fingerprint density at radius 1 is 1.35 bits per heavy atom. The molecule has 0 bridgehead atoms. The van der Waals surface area contributed by atoms with Crippen molar-refractivity contribution in [2.75, 3.05) is 33.4 Å². The zero-order valence-corrected chi connectivity index (χ0v) is 10.3. The molecule has 0 aromatic carbocycles. The van der Waals surface area contributed by atoms with E-state index in [2.05, 4.69) is 5.32 Å². The monoisotopic (exact) mass is 243 g/mol. The molecule has 5 heteroatoms. The fourth-order valence-electron chi connectivity index (χ4n) is 3.03. The highest BCUT2D eigenvalue weighted by atomic mass is 16.5. The van der Waals surface area contributed by atoms with Gasteiger partial charge in [0.05, 0.1) is 19.3 Å². The first-order chi connectivity index (χ1) is 8.15. The first-order valence-corrected chi connectivity index (χ1v) is 6.24. The lowest BCUT2D eigenvalue weighted by Gasteiger charge is -2.48. The van der Waals surface area contributed by atoms with E-state index in [1.807, 2.05) is 0 Å². The second kappa shape index (κ2) is 4.92. The summed E-state index contributed by atoms with van der Waals surface area (Å²) in [4.78, 5) is 12.1.